The summed E-state index contributed by atoms with van der Waals surface area (Å²) < 4.78 is 28.2. The van der Waals surface area contributed by atoms with Gasteiger partial charge in [-0.1, -0.05) is 28.1 Å². The Morgan fingerprint density at radius 1 is 1.29 bits per heavy atom. The van der Waals surface area contributed by atoms with Crippen LogP contribution in [0.2, 0.25) is 0 Å². The second-order valence-corrected chi connectivity index (χ2v) is 6.39. The second-order valence-electron chi connectivity index (χ2n) is 4.61. The number of nitrogens with one attached hydrogen (secondary N) is 2. The van der Waals surface area contributed by atoms with Crippen LogP contribution in [-0.4, -0.2) is 31.3 Å². The van der Waals surface area contributed by atoms with Gasteiger partial charge in [-0.05, 0) is 36.0 Å². The van der Waals surface area contributed by atoms with E-state index in [0.717, 1.165) is 14.7 Å². The average Bonchev–Trinajstić information content (AvgIpc) is 3.12. The zero-order valence-electron chi connectivity index (χ0n) is 11.7. The van der Waals surface area contributed by atoms with E-state index in [2.05, 4.69) is 41.4 Å². The lowest BCUT2D eigenvalue weighted by Crippen LogP contribution is -2.11. The van der Waals surface area contributed by atoms with Gasteiger partial charge in [-0.3, -0.25) is 5.10 Å². The van der Waals surface area contributed by atoms with E-state index in [1.165, 1.54) is 12.4 Å². The molecular weight excluding hydrogens is 426 g/mol. The van der Waals surface area contributed by atoms with E-state index < -0.39 is 11.2 Å². The van der Waals surface area contributed by atoms with Gasteiger partial charge in [0.2, 0.25) is 10.6 Å². The number of rotatable bonds is 4. The Kier molecular flexibility index (Phi) is 4.61. The predicted octanol–water partition coefficient (Wildman–Crippen LogP) is 4.26. The van der Waals surface area contributed by atoms with Gasteiger partial charge in [0, 0.05) is 15.6 Å². The number of alkyl halides is 3. The minimum atomic E-state index is -3.70. The van der Waals surface area contributed by atoms with Crippen LogP contribution in [-0.2, 0) is 5.38 Å². The summed E-state index contributed by atoms with van der Waals surface area (Å²) in [7, 11) is 0. The molecule has 2 N–H and O–H groups in total. The van der Waals surface area contributed by atoms with Crippen molar-refractivity contribution in [1.82, 2.24) is 25.1 Å². The zero-order valence-corrected chi connectivity index (χ0v) is 14.8. The molecule has 1 aromatic carbocycles. The van der Waals surface area contributed by atoms with E-state index in [1.54, 1.807) is 0 Å². The first-order valence-electron chi connectivity index (χ1n) is 6.44. The summed E-state index contributed by atoms with van der Waals surface area (Å²) in [5.41, 5.74) is 2.13. The molecule has 0 aliphatic carbocycles. The van der Waals surface area contributed by atoms with Crippen molar-refractivity contribution in [2.24, 2.45) is 5.10 Å². The van der Waals surface area contributed by atoms with Gasteiger partial charge in [-0.25, -0.2) is 5.10 Å². The van der Waals surface area contributed by atoms with Gasteiger partial charge in [-0.2, -0.15) is 23.7 Å². The molecule has 2 aromatic heterocycles. The summed E-state index contributed by atoms with van der Waals surface area (Å²) >= 11 is 13.2. The lowest BCUT2D eigenvalue weighted by molar-refractivity contribution is 0.0805. The van der Waals surface area contributed by atoms with Crippen LogP contribution in [0.15, 0.2) is 40.0 Å². The molecule has 0 radical (unpaired) electrons. The van der Waals surface area contributed by atoms with Crippen molar-refractivity contribution in [2.75, 3.05) is 0 Å². The first-order valence-corrected chi connectivity index (χ1v) is 8.02. The van der Waals surface area contributed by atoms with Crippen molar-refractivity contribution in [3.63, 3.8) is 0 Å². The summed E-state index contributed by atoms with van der Waals surface area (Å²) in [6.07, 6.45) is 2.86. The highest BCUT2D eigenvalue weighted by molar-refractivity contribution is 9.10. The Morgan fingerprint density at radius 3 is 2.67 bits per heavy atom. The molecular formula is C13H8BrClF2N6S. The molecule has 0 saturated carbocycles. The Morgan fingerprint density at radius 2 is 2.00 bits per heavy atom. The van der Waals surface area contributed by atoms with Crippen molar-refractivity contribution in [2.45, 2.75) is 5.38 Å². The van der Waals surface area contributed by atoms with Crippen molar-refractivity contribution >= 4 is 46.0 Å². The SMILES string of the molecule is FC(F)(Cl)c1n[nH]c(=S)n1/N=C/c1cn[nH]c1-c1ccc(Br)cc1. The molecule has 124 valence electrons. The minimum Gasteiger partial charge on any atom is -0.277 e. The van der Waals surface area contributed by atoms with Gasteiger partial charge in [0.25, 0.3) is 0 Å². The molecule has 6 nitrogen and oxygen atoms in total. The number of H-pyrrole nitrogens is 2. The number of nitrogens with zero attached hydrogens (tertiary/aromatic N) is 4. The molecule has 0 spiro atoms. The van der Waals surface area contributed by atoms with Gasteiger partial charge in [0.15, 0.2) is 0 Å². The van der Waals surface area contributed by atoms with E-state index >= 15 is 0 Å². The maximum Gasteiger partial charge on any atom is 0.383 e. The van der Waals surface area contributed by atoms with E-state index in [-0.39, 0.29) is 4.77 Å². The first kappa shape index (κ1) is 16.9. The molecule has 0 bridgehead atoms. The standard InChI is InChI=1S/C13H8BrClF2N6S/c14-9-3-1-7(2-4-9)10-8(5-18-20-10)6-19-23-11(13(15,16)17)21-22-12(23)24/h1-6H,(H,18,20)(H,22,24)/b19-6+. The Hall–Kier alpha value is -1.91. The summed E-state index contributed by atoms with van der Waals surface area (Å²) in [6.45, 7) is 0. The quantitative estimate of drug-likeness (QED) is 0.367. The van der Waals surface area contributed by atoms with Gasteiger partial charge in [0.05, 0.1) is 18.1 Å². The van der Waals surface area contributed by atoms with Gasteiger partial charge >= 0.3 is 5.38 Å². The number of aromatic nitrogens is 5. The predicted molar refractivity (Wildman–Crippen MR) is 91.9 cm³/mol. The van der Waals surface area contributed by atoms with E-state index in [4.69, 9.17) is 23.8 Å². The number of hydrogen-bond donors (Lipinski definition) is 2. The molecule has 0 atom stereocenters. The third-order valence-electron chi connectivity index (χ3n) is 3.02. The smallest absolute Gasteiger partial charge is 0.277 e. The maximum atomic E-state index is 13.3. The van der Waals surface area contributed by atoms with Gasteiger partial charge in [0.1, 0.15) is 0 Å². The molecule has 11 heteroatoms. The van der Waals surface area contributed by atoms with E-state index in [0.29, 0.717) is 11.3 Å². The highest BCUT2D eigenvalue weighted by atomic mass is 79.9. The molecule has 24 heavy (non-hydrogen) atoms. The van der Waals surface area contributed by atoms with Crippen LogP contribution in [0.1, 0.15) is 11.4 Å². The summed E-state index contributed by atoms with van der Waals surface area (Å²) in [6, 6.07) is 7.48. The Bertz CT molecular complexity index is 941. The van der Waals surface area contributed by atoms with Crippen LogP contribution in [0.25, 0.3) is 11.3 Å². The molecule has 3 rings (SSSR count). The van der Waals surface area contributed by atoms with Crippen molar-refractivity contribution < 1.29 is 8.78 Å². The summed E-state index contributed by atoms with van der Waals surface area (Å²) in [5, 5.41) is 12.7. The van der Waals surface area contributed by atoms with E-state index in [1.807, 2.05) is 24.3 Å². The second kappa shape index (κ2) is 6.54. The normalized spacial score (nSPS) is 12.2. The molecule has 3 aromatic rings. The molecule has 0 amide bonds. The van der Waals surface area contributed by atoms with Gasteiger partial charge in [-0.15, -0.1) is 5.10 Å². The first-order chi connectivity index (χ1) is 11.4. The molecule has 2 heterocycles. The fourth-order valence-corrected chi connectivity index (χ4v) is 2.51. The molecule has 0 unspecified atom stereocenters. The summed E-state index contributed by atoms with van der Waals surface area (Å²) in [5.74, 6) is -0.792. The number of halogens is 4. The zero-order chi connectivity index (χ0) is 17.3. The van der Waals surface area contributed by atoms with Crippen molar-refractivity contribution in [3.8, 4) is 11.3 Å². The maximum absolute atomic E-state index is 13.3. The molecule has 0 aliphatic rings. The highest BCUT2D eigenvalue weighted by Crippen LogP contribution is 2.30. The Labute approximate surface area is 152 Å². The van der Waals surface area contributed by atoms with Crippen molar-refractivity contribution in [1.29, 1.82) is 0 Å². The third-order valence-corrected chi connectivity index (χ3v) is 3.98. The summed E-state index contributed by atoms with van der Waals surface area (Å²) in [4.78, 5) is 0. The fraction of sp³-hybridized carbons (Fsp3) is 0.0769. The topological polar surface area (TPSA) is 74.7 Å². The lowest BCUT2D eigenvalue weighted by atomic mass is 10.1. The van der Waals surface area contributed by atoms with Crippen LogP contribution in [0.4, 0.5) is 8.78 Å². The van der Waals surface area contributed by atoms with Crippen LogP contribution in [0.5, 0.6) is 0 Å². The van der Waals surface area contributed by atoms with Crippen LogP contribution >= 0.6 is 39.7 Å². The van der Waals surface area contributed by atoms with E-state index in [9.17, 15) is 8.78 Å². The monoisotopic (exact) mass is 432 g/mol. The number of aromatic amines is 2. The molecule has 0 saturated heterocycles. The molecule has 0 aliphatic heterocycles. The number of hydrogen-bond acceptors (Lipinski definition) is 4. The third kappa shape index (κ3) is 3.45. The fourth-order valence-electron chi connectivity index (χ4n) is 1.94. The molecule has 0 fully saturated rings. The van der Waals surface area contributed by atoms with Gasteiger partial charge < -0.3 is 0 Å². The average molecular weight is 434 g/mol. The minimum absolute atomic E-state index is 0.102. The largest absolute Gasteiger partial charge is 0.383 e. The van der Waals surface area contributed by atoms with Crippen LogP contribution in [0, 0.1) is 4.77 Å². The number of benzene rings is 1. The Balaban J connectivity index is 1.98. The lowest BCUT2D eigenvalue weighted by Gasteiger charge is -2.05. The highest BCUT2D eigenvalue weighted by Gasteiger charge is 2.35. The van der Waals surface area contributed by atoms with Crippen molar-refractivity contribution in [3.05, 3.63) is 51.1 Å². The van der Waals surface area contributed by atoms with Crippen LogP contribution in [0.3, 0.4) is 0 Å². The van der Waals surface area contributed by atoms with Crippen LogP contribution < -0.4 is 0 Å².